The fraction of sp³-hybridized carbons (Fsp3) is 0. The summed E-state index contributed by atoms with van der Waals surface area (Å²) < 4.78 is 13.5. The van der Waals surface area contributed by atoms with Crippen LogP contribution in [-0.2, 0) is 0 Å². The van der Waals surface area contributed by atoms with Crippen LogP contribution in [0.15, 0.2) is 36.4 Å². The number of H-pyrrole nitrogens is 1. The number of hydrogen-bond donors (Lipinski definition) is 1. The summed E-state index contributed by atoms with van der Waals surface area (Å²) in [7, 11) is 0. The van der Waals surface area contributed by atoms with Crippen molar-refractivity contribution in [2.45, 2.75) is 0 Å². The highest BCUT2D eigenvalue weighted by Gasteiger charge is 2.11. The average molecular weight is 281 g/mol. The van der Waals surface area contributed by atoms with Crippen LogP contribution in [0.4, 0.5) is 4.39 Å². The highest BCUT2D eigenvalue weighted by Crippen LogP contribution is 2.30. The summed E-state index contributed by atoms with van der Waals surface area (Å²) in [5.74, 6) is 0.00768. The van der Waals surface area contributed by atoms with Gasteiger partial charge in [-0.05, 0) is 24.3 Å². The second-order valence-electron chi connectivity index (χ2n) is 3.86. The standard InChI is InChI=1S/C13H7Cl2FN2/c14-8-5-7(6-9(16)12(8)15)13-17-10-3-1-2-4-11(10)18-13/h1-6H,(H,17,18). The van der Waals surface area contributed by atoms with Crippen LogP contribution in [-0.4, -0.2) is 9.97 Å². The zero-order valence-corrected chi connectivity index (χ0v) is 10.6. The van der Waals surface area contributed by atoms with Gasteiger partial charge >= 0.3 is 0 Å². The van der Waals surface area contributed by atoms with Gasteiger partial charge < -0.3 is 4.98 Å². The van der Waals surface area contributed by atoms with E-state index in [0.717, 1.165) is 11.0 Å². The lowest BCUT2D eigenvalue weighted by molar-refractivity contribution is 0.628. The molecule has 2 nitrogen and oxygen atoms in total. The Hall–Kier alpha value is -1.58. The van der Waals surface area contributed by atoms with E-state index in [1.807, 2.05) is 24.3 Å². The van der Waals surface area contributed by atoms with E-state index in [1.54, 1.807) is 6.07 Å². The molecule has 0 amide bonds. The minimum atomic E-state index is -0.556. The minimum Gasteiger partial charge on any atom is -0.338 e. The predicted octanol–water partition coefficient (Wildman–Crippen LogP) is 4.68. The summed E-state index contributed by atoms with van der Waals surface area (Å²) in [6, 6.07) is 10.5. The third-order valence-electron chi connectivity index (χ3n) is 2.65. The summed E-state index contributed by atoms with van der Waals surface area (Å²) in [5, 5.41) is 0.101. The zero-order chi connectivity index (χ0) is 12.7. The first-order chi connectivity index (χ1) is 8.65. The van der Waals surface area contributed by atoms with Crippen molar-refractivity contribution in [3.63, 3.8) is 0 Å². The lowest BCUT2D eigenvalue weighted by Gasteiger charge is -2.01. The van der Waals surface area contributed by atoms with Gasteiger partial charge in [0.05, 0.1) is 21.1 Å². The van der Waals surface area contributed by atoms with Crippen molar-refractivity contribution in [1.29, 1.82) is 0 Å². The van der Waals surface area contributed by atoms with Crippen LogP contribution in [0, 0.1) is 5.82 Å². The smallest absolute Gasteiger partial charge is 0.144 e. The molecule has 0 spiro atoms. The predicted molar refractivity (Wildman–Crippen MR) is 71.5 cm³/mol. The molecule has 0 saturated heterocycles. The molecule has 0 atom stereocenters. The van der Waals surface area contributed by atoms with Gasteiger partial charge in [0.1, 0.15) is 11.6 Å². The first kappa shape index (κ1) is 11.5. The van der Waals surface area contributed by atoms with Crippen molar-refractivity contribution in [2.24, 2.45) is 0 Å². The van der Waals surface area contributed by atoms with Crippen LogP contribution in [0.1, 0.15) is 0 Å². The number of nitrogens with one attached hydrogen (secondary N) is 1. The number of aromatic nitrogens is 2. The number of benzene rings is 2. The van der Waals surface area contributed by atoms with E-state index in [-0.39, 0.29) is 10.0 Å². The SMILES string of the molecule is Fc1cc(-c2nc3ccccc3[nH]2)cc(Cl)c1Cl. The van der Waals surface area contributed by atoms with E-state index in [0.29, 0.717) is 11.4 Å². The second-order valence-corrected chi connectivity index (χ2v) is 4.64. The van der Waals surface area contributed by atoms with Crippen LogP contribution >= 0.6 is 23.2 Å². The Labute approximate surface area is 112 Å². The lowest BCUT2D eigenvalue weighted by atomic mass is 10.2. The van der Waals surface area contributed by atoms with Crippen molar-refractivity contribution in [2.75, 3.05) is 0 Å². The van der Waals surface area contributed by atoms with Crippen LogP contribution in [0.3, 0.4) is 0 Å². The highest BCUT2D eigenvalue weighted by atomic mass is 35.5. The molecule has 18 heavy (non-hydrogen) atoms. The van der Waals surface area contributed by atoms with Gasteiger partial charge in [-0.15, -0.1) is 0 Å². The maximum absolute atomic E-state index is 13.5. The fourth-order valence-electron chi connectivity index (χ4n) is 1.78. The molecule has 0 radical (unpaired) electrons. The molecule has 0 aliphatic heterocycles. The van der Waals surface area contributed by atoms with Gasteiger partial charge in [-0.3, -0.25) is 0 Å². The largest absolute Gasteiger partial charge is 0.338 e. The molecule has 0 unspecified atom stereocenters. The van der Waals surface area contributed by atoms with Gasteiger partial charge in [-0.1, -0.05) is 35.3 Å². The van der Waals surface area contributed by atoms with Gasteiger partial charge in [-0.2, -0.15) is 0 Å². The van der Waals surface area contributed by atoms with Gasteiger partial charge in [0, 0.05) is 5.56 Å². The van der Waals surface area contributed by atoms with E-state index in [9.17, 15) is 4.39 Å². The Kier molecular flexibility index (Phi) is 2.73. The molecule has 0 aliphatic rings. The summed E-state index contributed by atoms with van der Waals surface area (Å²) >= 11 is 11.5. The van der Waals surface area contributed by atoms with Crippen molar-refractivity contribution in [3.8, 4) is 11.4 Å². The number of imidazole rings is 1. The summed E-state index contributed by atoms with van der Waals surface area (Å²) in [6.07, 6.45) is 0. The Balaban J connectivity index is 2.20. The number of rotatable bonds is 1. The lowest BCUT2D eigenvalue weighted by Crippen LogP contribution is -1.85. The molecule has 2 aromatic carbocycles. The third-order valence-corrected chi connectivity index (χ3v) is 3.43. The van der Waals surface area contributed by atoms with Crippen LogP contribution in [0.25, 0.3) is 22.4 Å². The van der Waals surface area contributed by atoms with Crippen LogP contribution < -0.4 is 0 Å². The molecule has 90 valence electrons. The first-order valence-electron chi connectivity index (χ1n) is 5.25. The molecule has 0 bridgehead atoms. The average Bonchev–Trinajstić information content (AvgIpc) is 2.79. The van der Waals surface area contributed by atoms with Crippen molar-refractivity contribution in [1.82, 2.24) is 9.97 Å². The molecule has 1 N–H and O–H groups in total. The zero-order valence-electron chi connectivity index (χ0n) is 9.05. The van der Waals surface area contributed by atoms with Gasteiger partial charge in [0.2, 0.25) is 0 Å². The number of halogens is 3. The van der Waals surface area contributed by atoms with E-state index in [4.69, 9.17) is 23.2 Å². The highest BCUT2D eigenvalue weighted by molar-refractivity contribution is 6.42. The molecule has 0 fully saturated rings. The molecule has 1 heterocycles. The Morgan fingerprint density at radius 2 is 1.89 bits per heavy atom. The number of fused-ring (bicyclic) bond motifs is 1. The van der Waals surface area contributed by atoms with Crippen molar-refractivity contribution in [3.05, 3.63) is 52.3 Å². The van der Waals surface area contributed by atoms with Gasteiger partial charge in [0.25, 0.3) is 0 Å². The summed E-state index contributed by atoms with van der Waals surface area (Å²) in [5.41, 5.74) is 2.27. The maximum Gasteiger partial charge on any atom is 0.144 e. The molecular formula is C13H7Cl2FN2. The molecule has 1 aromatic heterocycles. The van der Waals surface area contributed by atoms with Gasteiger partial charge in [0.15, 0.2) is 0 Å². The van der Waals surface area contributed by atoms with Crippen molar-refractivity contribution < 1.29 is 4.39 Å². The molecule has 0 saturated carbocycles. The van der Waals surface area contributed by atoms with E-state index >= 15 is 0 Å². The number of hydrogen-bond acceptors (Lipinski definition) is 1. The maximum atomic E-state index is 13.5. The molecule has 0 aliphatic carbocycles. The summed E-state index contributed by atoms with van der Waals surface area (Å²) in [6.45, 7) is 0. The van der Waals surface area contributed by atoms with Crippen LogP contribution in [0.5, 0.6) is 0 Å². The van der Waals surface area contributed by atoms with E-state index in [2.05, 4.69) is 9.97 Å². The quantitative estimate of drug-likeness (QED) is 0.645. The molecular weight excluding hydrogens is 274 g/mol. The second kappa shape index (κ2) is 4.26. The third kappa shape index (κ3) is 1.85. The fourth-order valence-corrected chi connectivity index (χ4v) is 2.10. The first-order valence-corrected chi connectivity index (χ1v) is 6.00. The molecule has 3 aromatic rings. The molecule has 5 heteroatoms. The van der Waals surface area contributed by atoms with Gasteiger partial charge in [-0.25, -0.2) is 9.37 Å². The Morgan fingerprint density at radius 1 is 1.11 bits per heavy atom. The monoisotopic (exact) mass is 280 g/mol. The summed E-state index contributed by atoms with van der Waals surface area (Å²) in [4.78, 5) is 7.48. The number of nitrogens with zero attached hydrogens (tertiary/aromatic N) is 1. The van der Waals surface area contributed by atoms with E-state index < -0.39 is 5.82 Å². The van der Waals surface area contributed by atoms with Crippen molar-refractivity contribution >= 4 is 34.2 Å². The van der Waals surface area contributed by atoms with E-state index in [1.165, 1.54) is 6.07 Å². The number of aromatic amines is 1. The number of para-hydroxylation sites is 2. The molecule has 3 rings (SSSR count). The normalized spacial score (nSPS) is 11.1. The van der Waals surface area contributed by atoms with Crippen LogP contribution in [0.2, 0.25) is 10.0 Å². The Morgan fingerprint density at radius 3 is 2.61 bits per heavy atom. The topological polar surface area (TPSA) is 28.7 Å². The Bertz CT molecular complexity index is 681. The minimum absolute atomic E-state index is 0.0727.